The number of aryl methyl sites for hydroxylation is 1. The van der Waals surface area contributed by atoms with Gasteiger partial charge >= 0.3 is 0 Å². The Balaban J connectivity index is 0.00000133. The molecule has 4 heteroatoms. The van der Waals surface area contributed by atoms with Crippen LogP contribution < -0.4 is 5.32 Å². The highest BCUT2D eigenvalue weighted by atomic mass is 16.3. The van der Waals surface area contributed by atoms with Crippen molar-refractivity contribution in [1.29, 1.82) is 0 Å². The number of rotatable bonds is 4. The Labute approximate surface area is 202 Å². The quantitative estimate of drug-likeness (QED) is 0.484. The maximum absolute atomic E-state index is 13.0. The summed E-state index contributed by atoms with van der Waals surface area (Å²) < 4.78 is 0. The summed E-state index contributed by atoms with van der Waals surface area (Å²) in [5.41, 5.74) is 5.81. The maximum atomic E-state index is 13.0. The van der Waals surface area contributed by atoms with Crippen molar-refractivity contribution in [2.45, 2.75) is 58.0 Å². The van der Waals surface area contributed by atoms with Crippen molar-refractivity contribution < 1.29 is 9.90 Å². The normalized spacial score (nSPS) is 22.6. The van der Waals surface area contributed by atoms with Crippen molar-refractivity contribution in [3.05, 3.63) is 101 Å². The molecule has 1 aromatic heterocycles. The van der Waals surface area contributed by atoms with Gasteiger partial charge in [0.2, 0.25) is 0 Å². The average Bonchev–Trinajstić information content (AvgIpc) is 2.87. The van der Waals surface area contributed by atoms with Gasteiger partial charge in [0.25, 0.3) is 5.91 Å². The molecule has 34 heavy (non-hydrogen) atoms. The van der Waals surface area contributed by atoms with Gasteiger partial charge in [0, 0.05) is 17.2 Å². The minimum Gasteiger partial charge on any atom is -0.393 e. The van der Waals surface area contributed by atoms with Crippen molar-refractivity contribution in [3.63, 3.8) is 0 Å². The lowest BCUT2D eigenvalue weighted by Crippen LogP contribution is -2.44. The third-order valence-electron chi connectivity index (χ3n) is 7.14. The number of aliphatic hydroxyl groups is 1. The summed E-state index contributed by atoms with van der Waals surface area (Å²) in [4.78, 5) is 17.2. The van der Waals surface area contributed by atoms with Gasteiger partial charge in [-0.1, -0.05) is 62.4 Å². The maximum Gasteiger partial charge on any atom is 0.255 e. The lowest BCUT2D eigenvalue weighted by atomic mass is 9.56. The van der Waals surface area contributed by atoms with E-state index in [4.69, 9.17) is 0 Å². The van der Waals surface area contributed by atoms with E-state index in [-0.39, 0.29) is 23.3 Å². The van der Waals surface area contributed by atoms with Gasteiger partial charge < -0.3 is 10.4 Å². The number of amides is 1. The van der Waals surface area contributed by atoms with E-state index in [2.05, 4.69) is 52.8 Å². The van der Waals surface area contributed by atoms with Crippen LogP contribution in [0.1, 0.15) is 65.9 Å². The van der Waals surface area contributed by atoms with E-state index in [1.165, 1.54) is 11.1 Å². The predicted octanol–water partition coefficient (Wildman–Crippen LogP) is 6.34. The van der Waals surface area contributed by atoms with E-state index in [0.717, 1.165) is 42.6 Å². The van der Waals surface area contributed by atoms with Crippen LogP contribution >= 0.6 is 0 Å². The molecule has 1 heterocycles. The van der Waals surface area contributed by atoms with Gasteiger partial charge in [-0.05, 0) is 79.5 Å². The van der Waals surface area contributed by atoms with Crippen molar-refractivity contribution in [2.24, 2.45) is 5.92 Å². The second kappa shape index (κ2) is 10.4. The second-order valence-corrected chi connectivity index (χ2v) is 9.10. The van der Waals surface area contributed by atoms with Gasteiger partial charge in [-0.25, -0.2) is 0 Å². The number of benzene rings is 2. The van der Waals surface area contributed by atoms with Crippen molar-refractivity contribution in [3.8, 4) is 0 Å². The molecule has 3 atom stereocenters. The molecule has 176 valence electrons. The number of carbonyl (C=O) groups is 1. The smallest absolute Gasteiger partial charge is 0.255 e. The van der Waals surface area contributed by atoms with Crippen LogP contribution in [0.15, 0.2) is 72.9 Å². The molecule has 0 aliphatic heterocycles. The Morgan fingerprint density at radius 2 is 1.91 bits per heavy atom. The summed E-state index contributed by atoms with van der Waals surface area (Å²) in [5.74, 6) is 0.160. The predicted molar refractivity (Wildman–Crippen MR) is 139 cm³/mol. The molecular formula is C30H34N2O2. The molecule has 0 saturated heterocycles. The summed E-state index contributed by atoms with van der Waals surface area (Å²) >= 11 is 0. The van der Waals surface area contributed by atoms with E-state index >= 15 is 0 Å². The van der Waals surface area contributed by atoms with Crippen LogP contribution in [0.4, 0.5) is 5.69 Å². The minimum atomic E-state index is -0.247. The van der Waals surface area contributed by atoms with Crippen LogP contribution in [0, 0.1) is 12.8 Å². The van der Waals surface area contributed by atoms with E-state index in [9.17, 15) is 9.90 Å². The molecule has 5 rings (SSSR count). The lowest BCUT2D eigenvalue weighted by molar-refractivity contribution is 0.0666. The number of hydrogen-bond donors (Lipinski definition) is 2. The van der Waals surface area contributed by atoms with Gasteiger partial charge in [-0.15, -0.1) is 0 Å². The van der Waals surface area contributed by atoms with Gasteiger partial charge in [-0.2, -0.15) is 0 Å². The number of aromatic nitrogens is 1. The first kappa shape index (κ1) is 23.9. The highest BCUT2D eigenvalue weighted by Crippen LogP contribution is 2.50. The zero-order valence-corrected chi connectivity index (χ0v) is 20.3. The van der Waals surface area contributed by atoms with Crippen molar-refractivity contribution in [2.75, 3.05) is 5.32 Å². The third kappa shape index (κ3) is 4.69. The summed E-state index contributed by atoms with van der Waals surface area (Å²) in [5, 5.41) is 13.4. The minimum absolute atomic E-state index is 0.0559. The van der Waals surface area contributed by atoms with Gasteiger partial charge in [0.15, 0.2) is 0 Å². The fourth-order valence-corrected chi connectivity index (χ4v) is 5.44. The van der Waals surface area contributed by atoms with Crippen LogP contribution in [-0.2, 0) is 11.8 Å². The molecule has 2 aliphatic rings. The first-order valence-corrected chi connectivity index (χ1v) is 12.3. The van der Waals surface area contributed by atoms with Crippen LogP contribution in [0.5, 0.6) is 0 Å². The van der Waals surface area contributed by atoms with Crippen LogP contribution in [0.2, 0.25) is 0 Å². The summed E-state index contributed by atoms with van der Waals surface area (Å²) in [6, 6.07) is 20.4. The van der Waals surface area contributed by atoms with E-state index in [1.807, 2.05) is 51.1 Å². The number of pyridine rings is 1. The van der Waals surface area contributed by atoms with E-state index in [1.54, 1.807) is 6.20 Å². The number of allylic oxidation sites excluding steroid dienone is 1. The Kier molecular flexibility index (Phi) is 7.28. The van der Waals surface area contributed by atoms with E-state index in [0.29, 0.717) is 5.56 Å². The second-order valence-electron chi connectivity index (χ2n) is 9.10. The number of anilines is 1. The fourth-order valence-electron chi connectivity index (χ4n) is 5.44. The van der Waals surface area contributed by atoms with Crippen LogP contribution in [0.25, 0.3) is 6.08 Å². The number of nitrogens with zero attached hydrogens (tertiary/aromatic N) is 1. The highest BCUT2D eigenvalue weighted by molar-refractivity contribution is 6.05. The molecule has 1 saturated carbocycles. The van der Waals surface area contributed by atoms with Gasteiger partial charge in [0.05, 0.1) is 17.5 Å². The number of carbonyl (C=O) groups excluding carboxylic acids is 1. The number of hydrogen-bond acceptors (Lipinski definition) is 3. The summed E-state index contributed by atoms with van der Waals surface area (Å²) in [7, 11) is 0. The Bertz CT molecular complexity index is 1170. The molecule has 0 radical (unpaired) electrons. The molecule has 2 aromatic carbocycles. The van der Waals surface area contributed by atoms with Gasteiger partial charge in [0.1, 0.15) is 0 Å². The Morgan fingerprint density at radius 1 is 1.12 bits per heavy atom. The topological polar surface area (TPSA) is 62.2 Å². The van der Waals surface area contributed by atoms with Crippen LogP contribution in [-0.4, -0.2) is 22.1 Å². The van der Waals surface area contributed by atoms with Gasteiger partial charge in [-0.3, -0.25) is 9.78 Å². The zero-order valence-electron chi connectivity index (χ0n) is 20.3. The molecule has 0 spiro atoms. The zero-order chi connectivity index (χ0) is 24.1. The van der Waals surface area contributed by atoms with Crippen LogP contribution in [0.3, 0.4) is 0 Å². The number of nitrogens with one attached hydrogen (secondary N) is 1. The lowest BCUT2D eigenvalue weighted by Gasteiger charge is -2.48. The monoisotopic (exact) mass is 454 g/mol. The summed E-state index contributed by atoms with van der Waals surface area (Å²) in [6.07, 6.45) is 9.31. The van der Waals surface area contributed by atoms with Crippen molar-refractivity contribution >= 4 is 17.7 Å². The fraction of sp³-hybridized carbons (Fsp3) is 0.333. The highest BCUT2D eigenvalue weighted by Gasteiger charge is 2.45. The molecule has 1 fully saturated rings. The SMILES string of the molecule is CC.Cc1ncccc1NC(=O)c1ccc2c(c1)C=CC1CC(O)CCC21Cc1ccccc1. The standard InChI is InChI=1S/C28H28N2O2.C2H6/c1-19-26(8-5-15-29-19)30-27(32)22-10-12-25-21(16-22)9-11-23-17-24(31)13-14-28(23,25)18-20-6-3-2-4-7-20;1-2/h2-12,15-16,23-24,31H,13-14,17-18H2,1H3,(H,30,32);1-2H3. The molecule has 0 bridgehead atoms. The molecule has 2 N–H and O–H groups in total. The van der Waals surface area contributed by atoms with Crippen molar-refractivity contribution in [1.82, 2.24) is 4.98 Å². The Hall–Kier alpha value is -3.24. The Morgan fingerprint density at radius 3 is 2.68 bits per heavy atom. The number of aliphatic hydroxyl groups excluding tert-OH is 1. The first-order chi connectivity index (χ1) is 16.5. The third-order valence-corrected chi connectivity index (χ3v) is 7.14. The van der Waals surface area contributed by atoms with E-state index < -0.39 is 0 Å². The average molecular weight is 455 g/mol. The largest absolute Gasteiger partial charge is 0.393 e. The molecule has 1 amide bonds. The molecule has 3 unspecified atom stereocenters. The first-order valence-electron chi connectivity index (χ1n) is 12.3. The summed E-state index contributed by atoms with van der Waals surface area (Å²) in [6.45, 7) is 5.89. The molecule has 3 aromatic rings. The number of fused-ring (bicyclic) bond motifs is 3. The molecule has 4 nitrogen and oxygen atoms in total. The molecule has 2 aliphatic carbocycles. The molecular weight excluding hydrogens is 420 g/mol.